The standard InChI is InChI=1S/C28H30N4O4S/c1-4-16-37(34,35)28-29-17-25(26(31-28)27(33)30-23-13-9-21(3)10-14-23)32(19-24-6-5-15-36-24)18-22-11-7-20(2)8-12-22/h5-15,17H,4,16,18-19H2,1-3H3,(H,30,33). The van der Waals surface area contributed by atoms with Crippen LogP contribution < -0.4 is 10.2 Å². The van der Waals surface area contributed by atoms with Crippen molar-refractivity contribution in [3.63, 3.8) is 0 Å². The van der Waals surface area contributed by atoms with Crippen LogP contribution in [0.3, 0.4) is 0 Å². The molecule has 1 amide bonds. The monoisotopic (exact) mass is 518 g/mol. The number of amides is 1. The Morgan fingerprint density at radius 1 is 0.973 bits per heavy atom. The molecule has 192 valence electrons. The molecule has 2 aromatic heterocycles. The van der Waals surface area contributed by atoms with Gasteiger partial charge in [0.2, 0.25) is 15.0 Å². The number of hydrogen-bond donors (Lipinski definition) is 1. The molecule has 0 aliphatic rings. The first-order valence-corrected chi connectivity index (χ1v) is 13.7. The maximum atomic E-state index is 13.5. The third-order valence-corrected chi connectivity index (χ3v) is 7.48. The quantitative estimate of drug-likeness (QED) is 0.283. The normalized spacial score (nSPS) is 11.3. The minimum Gasteiger partial charge on any atom is -0.467 e. The SMILES string of the molecule is CCCS(=O)(=O)c1ncc(N(Cc2ccc(C)cc2)Cc2ccco2)c(C(=O)Nc2ccc(C)cc2)n1. The lowest BCUT2D eigenvalue weighted by Crippen LogP contribution is -2.27. The van der Waals surface area contributed by atoms with Crippen molar-refractivity contribution >= 4 is 27.1 Å². The molecule has 0 saturated carbocycles. The second-order valence-electron chi connectivity index (χ2n) is 8.95. The summed E-state index contributed by atoms with van der Waals surface area (Å²) >= 11 is 0. The molecule has 0 fully saturated rings. The lowest BCUT2D eigenvalue weighted by Gasteiger charge is -2.25. The van der Waals surface area contributed by atoms with Crippen molar-refractivity contribution in [1.29, 1.82) is 0 Å². The highest BCUT2D eigenvalue weighted by atomic mass is 32.2. The molecule has 2 aromatic carbocycles. The smallest absolute Gasteiger partial charge is 0.276 e. The zero-order valence-electron chi connectivity index (χ0n) is 21.1. The van der Waals surface area contributed by atoms with Gasteiger partial charge in [0, 0.05) is 12.2 Å². The lowest BCUT2D eigenvalue weighted by molar-refractivity contribution is 0.102. The first-order valence-electron chi connectivity index (χ1n) is 12.1. The van der Waals surface area contributed by atoms with Crippen LogP contribution in [-0.2, 0) is 22.9 Å². The van der Waals surface area contributed by atoms with Crippen LogP contribution in [0.5, 0.6) is 0 Å². The van der Waals surface area contributed by atoms with E-state index in [1.165, 1.54) is 6.20 Å². The maximum absolute atomic E-state index is 13.5. The lowest BCUT2D eigenvalue weighted by atomic mass is 10.1. The number of hydrogen-bond acceptors (Lipinski definition) is 7. The molecular formula is C28H30N4O4S. The number of furan rings is 1. The van der Waals surface area contributed by atoms with Crippen LogP contribution in [0.4, 0.5) is 11.4 Å². The molecule has 4 aromatic rings. The molecule has 8 nitrogen and oxygen atoms in total. The van der Waals surface area contributed by atoms with Gasteiger partial charge in [-0.1, -0.05) is 54.4 Å². The molecule has 0 radical (unpaired) electrons. The van der Waals surface area contributed by atoms with Gasteiger partial charge in [-0.3, -0.25) is 4.79 Å². The summed E-state index contributed by atoms with van der Waals surface area (Å²) in [5.74, 6) is 0.0485. The average molecular weight is 519 g/mol. The summed E-state index contributed by atoms with van der Waals surface area (Å²) in [5.41, 5.74) is 4.14. The van der Waals surface area contributed by atoms with E-state index < -0.39 is 15.7 Å². The van der Waals surface area contributed by atoms with Gasteiger partial charge in [-0.25, -0.2) is 18.4 Å². The van der Waals surface area contributed by atoms with Gasteiger partial charge in [-0.05, 0) is 50.1 Å². The molecule has 0 saturated heterocycles. The highest BCUT2D eigenvalue weighted by Crippen LogP contribution is 2.26. The summed E-state index contributed by atoms with van der Waals surface area (Å²) in [6.45, 7) is 6.49. The van der Waals surface area contributed by atoms with E-state index in [2.05, 4.69) is 15.3 Å². The number of rotatable bonds is 10. The van der Waals surface area contributed by atoms with Gasteiger partial charge in [0.1, 0.15) is 5.76 Å². The summed E-state index contributed by atoms with van der Waals surface area (Å²) in [6.07, 6.45) is 3.41. The summed E-state index contributed by atoms with van der Waals surface area (Å²) in [4.78, 5) is 23.9. The molecule has 37 heavy (non-hydrogen) atoms. The Morgan fingerprint density at radius 2 is 1.65 bits per heavy atom. The second-order valence-corrected chi connectivity index (χ2v) is 10.9. The number of benzene rings is 2. The van der Waals surface area contributed by atoms with Gasteiger partial charge in [0.25, 0.3) is 5.91 Å². The number of aryl methyl sites for hydroxylation is 2. The summed E-state index contributed by atoms with van der Waals surface area (Å²) < 4.78 is 31.1. The Hall–Kier alpha value is -3.98. The highest BCUT2D eigenvalue weighted by molar-refractivity contribution is 7.91. The van der Waals surface area contributed by atoms with Gasteiger partial charge in [0.15, 0.2) is 5.69 Å². The van der Waals surface area contributed by atoms with E-state index in [4.69, 9.17) is 4.42 Å². The largest absolute Gasteiger partial charge is 0.467 e. The molecule has 4 rings (SSSR count). The van der Waals surface area contributed by atoms with Gasteiger partial charge in [-0.15, -0.1) is 0 Å². The van der Waals surface area contributed by atoms with Gasteiger partial charge in [-0.2, -0.15) is 0 Å². The van der Waals surface area contributed by atoms with Crippen LogP contribution in [0, 0.1) is 13.8 Å². The number of aromatic nitrogens is 2. The molecule has 0 aliphatic heterocycles. The Morgan fingerprint density at radius 3 is 2.27 bits per heavy atom. The predicted octanol–water partition coefficient (Wildman–Crippen LogP) is 5.33. The molecular weight excluding hydrogens is 488 g/mol. The maximum Gasteiger partial charge on any atom is 0.276 e. The molecule has 1 N–H and O–H groups in total. The van der Waals surface area contributed by atoms with Crippen molar-refractivity contribution in [2.45, 2.75) is 45.4 Å². The van der Waals surface area contributed by atoms with Gasteiger partial charge >= 0.3 is 0 Å². The zero-order valence-corrected chi connectivity index (χ0v) is 22.0. The van der Waals surface area contributed by atoms with E-state index in [0.717, 1.165) is 16.7 Å². The number of nitrogens with zero attached hydrogens (tertiary/aromatic N) is 3. The first kappa shape index (κ1) is 26.1. The van der Waals surface area contributed by atoms with E-state index in [1.807, 2.05) is 61.2 Å². The number of carbonyl (C=O) groups is 1. The van der Waals surface area contributed by atoms with E-state index in [1.54, 1.807) is 31.4 Å². The summed E-state index contributed by atoms with van der Waals surface area (Å²) in [6, 6.07) is 19.0. The molecule has 9 heteroatoms. The molecule has 0 unspecified atom stereocenters. The average Bonchev–Trinajstić information content (AvgIpc) is 3.39. The van der Waals surface area contributed by atoms with E-state index >= 15 is 0 Å². The summed E-state index contributed by atoms with van der Waals surface area (Å²) in [5, 5.41) is 2.49. The van der Waals surface area contributed by atoms with Crippen molar-refractivity contribution in [2.24, 2.45) is 0 Å². The fourth-order valence-electron chi connectivity index (χ4n) is 3.83. The van der Waals surface area contributed by atoms with E-state index in [0.29, 0.717) is 36.6 Å². The van der Waals surface area contributed by atoms with Crippen molar-refractivity contribution in [1.82, 2.24) is 9.97 Å². The van der Waals surface area contributed by atoms with E-state index in [9.17, 15) is 13.2 Å². The molecule has 0 atom stereocenters. The van der Waals surface area contributed by atoms with Crippen molar-refractivity contribution in [3.05, 3.63) is 101 Å². The highest BCUT2D eigenvalue weighted by Gasteiger charge is 2.26. The topological polar surface area (TPSA) is 105 Å². The third kappa shape index (κ3) is 6.62. The molecule has 2 heterocycles. The fraction of sp³-hybridized carbons (Fsp3) is 0.250. The predicted molar refractivity (Wildman–Crippen MR) is 143 cm³/mol. The van der Waals surface area contributed by atoms with Crippen LogP contribution >= 0.6 is 0 Å². The van der Waals surface area contributed by atoms with Crippen LogP contribution in [0.2, 0.25) is 0 Å². The second kappa shape index (κ2) is 11.4. The zero-order chi connectivity index (χ0) is 26.4. The third-order valence-electron chi connectivity index (χ3n) is 5.78. The van der Waals surface area contributed by atoms with Gasteiger partial charge < -0.3 is 14.6 Å². The summed E-state index contributed by atoms with van der Waals surface area (Å²) in [7, 11) is -3.74. The van der Waals surface area contributed by atoms with Crippen LogP contribution in [0.25, 0.3) is 0 Å². The minimum absolute atomic E-state index is 0.0241. The first-order chi connectivity index (χ1) is 17.7. The molecule has 0 spiro atoms. The molecule has 0 aliphatic carbocycles. The van der Waals surface area contributed by atoms with Crippen molar-refractivity contribution in [3.8, 4) is 0 Å². The van der Waals surface area contributed by atoms with Gasteiger partial charge in [0.05, 0.1) is 30.4 Å². The fourth-order valence-corrected chi connectivity index (χ4v) is 4.99. The Kier molecular flexibility index (Phi) is 8.03. The Balaban J connectivity index is 1.78. The van der Waals surface area contributed by atoms with Crippen molar-refractivity contribution < 1.29 is 17.6 Å². The Labute approximate surface area is 217 Å². The number of carbonyl (C=O) groups excluding carboxylic acids is 1. The Bertz CT molecular complexity index is 1450. The van der Waals surface area contributed by atoms with Crippen LogP contribution in [0.1, 0.15) is 46.3 Å². The number of nitrogens with one attached hydrogen (secondary N) is 1. The minimum atomic E-state index is -3.74. The number of sulfone groups is 1. The number of anilines is 2. The van der Waals surface area contributed by atoms with Crippen molar-refractivity contribution in [2.75, 3.05) is 16.0 Å². The molecule has 0 bridgehead atoms. The van der Waals surface area contributed by atoms with E-state index in [-0.39, 0.29) is 16.6 Å². The van der Waals surface area contributed by atoms with Crippen LogP contribution in [0.15, 0.2) is 82.7 Å². The van der Waals surface area contributed by atoms with Crippen LogP contribution in [-0.4, -0.2) is 30.0 Å².